The van der Waals surface area contributed by atoms with E-state index in [2.05, 4.69) is 64.3 Å². The molecule has 174 valence electrons. The monoisotopic (exact) mass is 434 g/mol. The molecule has 3 heteroatoms. The van der Waals surface area contributed by atoms with Gasteiger partial charge in [0.2, 0.25) is 0 Å². The number of aromatic nitrogens is 1. The molecule has 4 rings (SSSR count). The standard InChI is InChI=1S/C29H42N2O/c1-7-21-15-24-25(29(5,6)14-13-28(24,3)4)16-23(21)26-17-22(27(30)32)19(2)31(26)18-20-11-9-8-10-12-20/h15-17,20H,7-14,18H2,1-6H3,(H2,30,32). The first-order valence-electron chi connectivity index (χ1n) is 12.7. The van der Waals surface area contributed by atoms with E-state index in [0.29, 0.717) is 11.5 Å². The van der Waals surface area contributed by atoms with E-state index in [4.69, 9.17) is 5.73 Å². The van der Waals surface area contributed by atoms with E-state index in [1.807, 2.05) is 0 Å². The van der Waals surface area contributed by atoms with E-state index >= 15 is 0 Å². The first-order chi connectivity index (χ1) is 15.0. The third-order valence-electron chi connectivity index (χ3n) is 8.53. The summed E-state index contributed by atoms with van der Waals surface area (Å²) in [7, 11) is 0. The Morgan fingerprint density at radius 3 is 2.16 bits per heavy atom. The zero-order valence-electron chi connectivity index (χ0n) is 21.1. The molecule has 0 bridgehead atoms. The van der Waals surface area contributed by atoms with Crippen LogP contribution in [-0.2, 0) is 23.8 Å². The smallest absolute Gasteiger partial charge is 0.250 e. The highest BCUT2D eigenvalue weighted by Crippen LogP contribution is 2.48. The van der Waals surface area contributed by atoms with Gasteiger partial charge in [0.05, 0.1) is 5.56 Å². The van der Waals surface area contributed by atoms with Crippen LogP contribution in [-0.4, -0.2) is 10.5 Å². The Balaban J connectivity index is 1.91. The van der Waals surface area contributed by atoms with Crippen LogP contribution in [0.5, 0.6) is 0 Å². The van der Waals surface area contributed by atoms with Crippen molar-refractivity contribution in [1.82, 2.24) is 4.57 Å². The van der Waals surface area contributed by atoms with E-state index in [-0.39, 0.29) is 16.7 Å². The topological polar surface area (TPSA) is 48.0 Å². The van der Waals surface area contributed by atoms with Crippen LogP contribution in [0.1, 0.15) is 112 Å². The first kappa shape index (κ1) is 23.1. The molecular formula is C29H42N2O. The second-order valence-electron chi connectivity index (χ2n) is 11.7. The number of hydrogen-bond acceptors (Lipinski definition) is 1. The van der Waals surface area contributed by atoms with Gasteiger partial charge in [0.25, 0.3) is 5.91 Å². The van der Waals surface area contributed by atoms with Gasteiger partial charge in [0.15, 0.2) is 0 Å². The normalized spacial score (nSPS) is 20.2. The molecule has 0 aliphatic heterocycles. The number of fused-ring (bicyclic) bond motifs is 1. The van der Waals surface area contributed by atoms with Crippen molar-refractivity contribution in [2.24, 2.45) is 11.7 Å². The van der Waals surface area contributed by atoms with E-state index < -0.39 is 0 Å². The first-order valence-corrected chi connectivity index (χ1v) is 12.7. The van der Waals surface area contributed by atoms with E-state index in [0.717, 1.165) is 18.7 Å². The van der Waals surface area contributed by atoms with Crippen LogP contribution in [0, 0.1) is 12.8 Å². The summed E-state index contributed by atoms with van der Waals surface area (Å²) >= 11 is 0. The molecule has 1 aromatic carbocycles. The lowest BCUT2D eigenvalue weighted by atomic mass is 9.62. The molecule has 0 saturated heterocycles. The Morgan fingerprint density at radius 2 is 1.59 bits per heavy atom. The van der Waals surface area contributed by atoms with E-state index in [1.54, 1.807) is 0 Å². The number of nitrogens with zero attached hydrogens (tertiary/aromatic N) is 1. The molecule has 1 aromatic heterocycles. The predicted molar refractivity (Wildman–Crippen MR) is 134 cm³/mol. The Kier molecular flexibility index (Phi) is 6.07. The fourth-order valence-corrected chi connectivity index (χ4v) is 6.17. The van der Waals surface area contributed by atoms with Crippen LogP contribution in [0.3, 0.4) is 0 Å². The van der Waals surface area contributed by atoms with Crippen LogP contribution in [0.25, 0.3) is 11.3 Å². The van der Waals surface area contributed by atoms with Crippen LogP contribution in [0.15, 0.2) is 18.2 Å². The molecule has 0 radical (unpaired) electrons. The molecular weight excluding hydrogens is 392 g/mol. The largest absolute Gasteiger partial charge is 0.366 e. The summed E-state index contributed by atoms with van der Waals surface area (Å²) in [6.45, 7) is 14.9. The maximum atomic E-state index is 12.3. The van der Waals surface area contributed by atoms with Gasteiger partial charge >= 0.3 is 0 Å². The Morgan fingerprint density at radius 1 is 1.00 bits per heavy atom. The number of nitrogens with two attached hydrogens (primary N) is 1. The van der Waals surface area contributed by atoms with E-state index in [1.165, 1.54) is 72.9 Å². The highest BCUT2D eigenvalue weighted by molar-refractivity contribution is 5.96. The van der Waals surface area contributed by atoms with Crippen LogP contribution in [0.4, 0.5) is 0 Å². The molecule has 2 aliphatic carbocycles. The molecule has 32 heavy (non-hydrogen) atoms. The lowest BCUT2D eigenvalue weighted by Gasteiger charge is -2.42. The SMILES string of the molecule is CCc1cc2c(cc1-c1cc(C(N)=O)c(C)n1CC1CCCCC1)C(C)(C)CCC2(C)C. The molecule has 2 aromatic rings. The Labute approximate surface area is 194 Å². The van der Waals surface area contributed by atoms with Crippen molar-refractivity contribution in [2.75, 3.05) is 0 Å². The average Bonchev–Trinajstić information content (AvgIpc) is 3.07. The summed E-state index contributed by atoms with van der Waals surface area (Å²) in [5, 5.41) is 0. The molecule has 1 fully saturated rings. The van der Waals surface area contributed by atoms with Gasteiger partial charge < -0.3 is 10.3 Å². The van der Waals surface area contributed by atoms with Crippen LogP contribution in [0.2, 0.25) is 0 Å². The number of aryl methyl sites for hydroxylation is 1. The van der Waals surface area contributed by atoms with Crippen molar-refractivity contribution in [3.8, 4) is 11.3 Å². The minimum Gasteiger partial charge on any atom is -0.366 e. The average molecular weight is 435 g/mol. The summed E-state index contributed by atoms with van der Waals surface area (Å²) < 4.78 is 2.41. The number of carbonyl (C=O) groups excluding carboxylic acids is 1. The molecule has 2 N–H and O–H groups in total. The number of benzene rings is 1. The molecule has 0 atom stereocenters. The molecule has 3 nitrogen and oxygen atoms in total. The van der Waals surface area contributed by atoms with Crippen LogP contribution < -0.4 is 5.73 Å². The molecule has 1 saturated carbocycles. The van der Waals surface area contributed by atoms with Crippen molar-refractivity contribution in [3.63, 3.8) is 0 Å². The fraction of sp³-hybridized carbons (Fsp3) is 0.621. The molecule has 1 amide bonds. The van der Waals surface area contributed by atoms with Gasteiger partial charge in [-0.05, 0) is 84.6 Å². The van der Waals surface area contributed by atoms with Crippen molar-refractivity contribution < 1.29 is 4.79 Å². The van der Waals surface area contributed by atoms with Gasteiger partial charge in [-0.15, -0.1) is 0 Å². The fourth-order valence-electron chi connectivity index (χ4n) is 6.17. The molecule has 2 aliphatic rings. The van der Waals surface area contributed by atoms with Gasteiger partial charge in [0, 0.05) is 23.5 Å². The number of amides is 1. The van der Waals surface area contributed by atoms with Crippen molar-refractivity contribution >= 4 is 5.91 Å². The number of primary amides is 1. The number of rotatable bonds is 5. The van der Waals surface area contributed by atoms with Crippen LogP contribution >= 0.6 is 0 Å². The minimum atomic E-state index is -0.316. The minimum absolute atomic E-state index is 0.161. The summed E-state index contributed by atoms with van der Waals surface area (Å²) in [6.07, 6.45) is 9.99. The molecule has 0 unspecified atom stereocenters. The maximum absolute atomic E-state index is 12.3. The second kappa shape index (κ2) is 8.39. The quantitative estimate of drug-likeness (QED) is 0.538. The third-order valence-corrected chi connectivity index (χ3v) is 8.53. The summed E-state index contributed by atoms with van der Waals surface area (Å²) in [5.41, 5.74) is 14.7. The number of carbonyl (C=O) groups is 1. The van der Waals surface area contributed by atoms with Gasteiger partial charge in [-0.2, -0.15) is 0 Å². The van der Waals surface area contributed by atoms with Gasteiger partial charge in [-0.3, -0.25) is 4.79 Å². The zero-order chi connectivity index (χ0) is 23.3. The van der Waals surface area contributed by atoms with Gasteiger partial charge in [-0.1, -0.05) is 59.9 Å². The Hall–Kier alpha value is -2.03. The highest BCUT2D eigenvalue weighted by Gasteiger charge is 2.38. The summed E-state index contributed by atoms with van der Waals surface area (Å²) in [6, 6.07) is 7.01. The lowest BCUT2D eigenvalue weighted by Crippen LogP contribution is -2.34. The molecule has 0 spiro atoms. The maximum Gasteiger partial charge on any atom is 0.250 e. The van der Waals surface area contributed by atoms with Crippen molar-refractivity contribution in [2.45, 2.75) is 110 Å². The van der Waals surface area contributed by atoms with Gasteiger partial charge in [-0.25, -0.2) is 0 Å². The van der Waals surface area contributed by atoms with Crippen molar-refractivity contribution in [3.05, 3.63) is 46.1 Å². The second-order valence-corrected chi connectivity index (χ2v) is 11.7. The Bertz CT molecular complexity index is 1020. The zero-order valence-corrected chi connectivity index (χ0v) is 21.1. The number of hydrogen-bond donors (Lipinski definition) is 1. The summed E-state index contributed by atoms with van der Waals surface area (Å²) in [5.74, 6) is 0.371. The highest BCUT2D eigenvalue weighted by atomic mass is 16.1. The van der Waals surface area contributed by atoms with Gasteiger partial charge in [0.1, 0.15) is 0 Å². The van der Waals surface area contributed by atoms with Crippen molar-refractivity contribution in [1.29, 1.82) is 0 Å². The van der Waals surface area contributed by atoms with E-state index in [9.17, 15) is 4.79 Å². The molecule has 1 heterocycles. The lowest BCUT2D eigenvalue weighted by molar-refractivity contribution is 0.0999. The third kappa shape index (κ3) is 4.04. The summed E-state index contributed by atoms with van der Waals surface area (Å²) in [4.78, 5) is 12.3. The predicted octanol–water partition coefficient (Wildman–Crippen LogP) is 7.05.